The van der Waals surface area contributed by atoms with Crippen molar-refractivity contribution in [1.82, 2.24) is 0 Å². The van der Waals surface area contributed by atoms with E-state index in [1.165, 1.54) is 7.11 Å². The van der Waals surface area contributed by atoms with Crippen molar-refractivity contribution >= 4 is 11.5 Å². The van der Waals surface area contributed by atoms with Gasteiger partial charge >= 0.3 is 0 Å². The summed E-state index contributed by atoms with van der Waals surface area (Å²) in [6.45, 7) is 0.565. The van der Waals surface area contributed by atoms with Crippen molar-refractivity contribution in [2.24, 2.45) is 0 Å². The molecular weight excluding hydrogens is 178 g/mol. The number of ether oxygens (including phenoxy) is 1. The van der Waals surface area contributed by atoms with Gasteiger partial charge in [-0.25, -0.2) is 0 Å². The zero-order valence-electron chi connectivity index (χ0n) is 8.56. The molecule has 0 unspecified atom stereocenters. The predicted molar refractivity (Wildman–Crippen MR) is 56.6 cm³/mol. The maximum absolute atomic E-state index is 11.3. The SMILES string of the molecule is COCC(=O)CN(C)c1ccccc1. The topological polar surface area (TPSA) is 29.5 Å². The fourth-order valence-corrected chi connectivity index (χ4v) is 1.24. The number of ketones is 1. The Bertz CT molecular complexity index is 285. The molecule has 0 radical (unpaired) electrons. The molecule has 0 aliphatic rings. The highest BCUT2D eigenvalue weighted by molar-refractivity contribution is 5.84. The van der Waals surface area contributed by atoms with E-state index in [9.17, 15) is 4.79 Å². The van der Waals surface area contributed by atoms with E-state index in [0.29, 0.717) is 6.54 Å². The van der Waals surface area contributed by atoms with Gasteiger partial charge in [0.15, 0.2) is 5.78 Å². The summed E-state index contributed by atoms with van der Waals surface area (Å²) in [6.07, 6.45) is 0. The van der Waals surface area contributed by atoms with Gasteiger partial charge in [-0.3, -0.25) is 4.79 Å². The van der Waals surface area contributed by atoms with Crippen molar-refractivity contribution in [2.45, 2.75) is 0 Å². The minimum Gasteiger partial charge on any atom is -0.377 e. The standard InChI is InChI=1S/C11H15NO2/c1-12(8-11(13)9-14-2)10-6-4-3-5-7-10/h3-7H,8-9H2,1-2H3. The van der Waals surface area contributed by atoms with Crippen LogP contribution in [0.5, 0.6) is 0 Å². The first-order chi connectivity index (χ1) is 6.74. The molecule has 0 spiro atoms. The molecule has 0 N–H and O–H groups in total. The molecule has 0 aliphatic carbocycles. The number of para-hydroxylation sites is 1. The van der Waals surface area contributed by atoms with Crippen LogP contribution in [-0.2, 0) is 9.53 Å². The van der Waals surface area contributed by atoms with Crippen molar-refractivity contribution in [3.05, 3.63) is 30.3 Å². The highest BCUT2D eigenvalue weighted by atomic mass is 16.5. The first-order valence-corrected chi connectivity index (χ1v) is 4.51. The summed E-state index contributed by atoms with van der Waals surface area (Å²) < 4.78 is 4.76. The number of nitrogens with zero attached hydrogens (tertiary/aromatic N) is 1. The van der Waals surface area contributed by atoms with Crippen LogP contribution < -0.4 is 4.90 Å². The van der Waals surface area contributed by atoms with Crippen LogP contribution in [0.25, 0.3) is 0 Å². The van der Waals surface area contributed by atoms with Gasteiger partial charge in [0.1, 0.15) is 6.61 Å². The molecule has 0 aliphatic heterocycles. The normalized spacial score (nSPS) is 9.86. The van der Waals surface area contributed by atoms with Crippen LogP contribution in [0.4, 0.5) is 5.69 Å². The second-order valence-electron chi connectivity index (χ2n) is 3.16. The first-order valence-electron chi connectivity index (χ1n) is 4.51. The number of benzene rings is 1. The first kappa shape index (κ1) is 10.7. The summed E-state index contributed by atoms with van der Waals surface area (Å²) in [5, 5.41) is 0. The van der Waals surface area contributed by atoms with Crippen molar-refractivity contribution in [2.75, 3.05) is 32.2 Å². The molecule has 0 aromatic heterocycles. The van der Waals surface area contributed by atoms with Crippen molar-refractivity contribution in [3.8, 4) is 0 Å². The van der Waals surface area contributed by atoms with Gasteiger partial charge in [-0.15, -0.1) is 0 Å². The Hall–Kier alpha value is -1.35. The van der Waals surface area contributed by atoms with Crippen LogP contribution >= 0.6 is 0 Å². The van der Waals surface area contributed by atoms with Gasteiger partial charge in [0.25, 0.3) is 0 Å². The lowest BCUT2D eigenvalue weighted by Gasteiger charge is -2.17. The highest BCUT2D eigenvalue weighted by Gasteiger charge is 2.05. The van der Waals surface area contributed by atoms with E-state index in [1.54, 1.807) is 0 Å². The average Bonchev–Trinajstić information content (AvgIpc) is 2.19. The molecule has 0 atom stereocenters. The Balaban J connectivity index is 2.50. The summed E-state index contributed by atoms with van der Waals surface area (Å²) in [5.41, 5.74) is 1.04. The molecule has 1 aromatic carbocycles. The van der Waals surface area contributed by atoms with Gasteiger partial charge in [-0.05, 0) is 12.1 Å². The molecular formula is C11H15NO2. The second kappa shape index (κ2) is 5.40. The van der Waals surface area contributed by atoms with Gasteiger partial charge in [-0.2, -0.15) is 0 Å². The number of carbonyl (C=O) groups is 1. The zero-order valence-corrected chi connectivity index (χ0v) is 8.56. The molecule has 76 valence electrons. The van der Waals surface area contributed by atoms with Crippen molar-refractivity contribution in [3.63, 3.8) is 0 Å². The summed E-state index contributed by atoms with van der Waals surface area (Å²) >= 11 is 0. The van der Waals surface area contributed by atoms with Crippen LogP contribution in [0, 0.1) is 0 Å². The highest BCUT2D eigenvalue weighted by Crippen LogP contribution is 2.10. The van der Waals surface area contributed by atoms with Gasteiger partial charge in [0.05, 0.1) is 6.54 Å². The van der Waals surface area contributed by atoms with Gasteiger partial charge in [-0.1, -0.05) is 18.2 Å². The lowest BCUT2D eigenvalue weighted by Crippen LogP contribution is -2.27. The van der Waals surface area contributed by atoms with E-state index in [-0.39, 0.29) is 12.4 Å². The third-order valence-electron chi connectivity index (χ3n) is 1.92. The maximum Gasteiger partial charge on any atom is 0.177 e. The molecule has 3 nitrogen and oxygen atoms in total. The van der Waals surface area contributed by atoms with E-state index >= 15 is 0 Å². The molecule has 1 aromatic rings. The predicted octanol–water partition coefficient (Wildman–Crippen LogP) is 1.34. The van der Waals surface area contributed by atoms with E-state index in [1.807, 2.05) is 42.3 Å². The summed E-state index contributed by atoms with van der Waals surface area (Å²) in [6, 6.07) is 9.80. The second-order valence-corrected chi connectivity index (χ2v) is 3.16. The van der Waals surface area contributed by atoms with Crippen molar-refractivity contribution in [1.29, 1.82) is 0 Å². The zero-order chi connectivity index (χ0) is 10.4. The molecule has 14 heavy (non-hydrogen) atoms. The lowest BCUT2D eigenvalue weighted by molar-refractivity contribution is -0.121. The molecule has 1 rings (SSSR count). The summed E-state index contributed by atoms with van der Waals surface area (Å²) in [5.74, 6) is 0.0823. The molecule has 0 bridgehead atoms. The fraction of sp³-hybridized carbons (Fsp3) is 0.364. The minimum absolute atomic E-state index is 0.0823. The molecule has 0 fully saturated rings. The Kier molecular flexibility index (Phi) is 4.13. The number of methoxy groups -OCH3 is 1. The number of Topliss-reactive ketones (excluding diaryl/α,β-unsaturated/α-hetero) is 1. The largest absolute Gasteiger partial charge is 0.377 e. The van der Waals surface area contributed by atoms with E-state index < -0.39 is 0 Å². The lowest BCUT2D eigenvalue weighted by atomic mass is 10.3. The number of carbonyl (C=O) groups excluding carboxylic acids is 1. The third kappa shape index (κ3) is 3.18. The van der Waals surface area contributed by atoms with E-state index in [2.05, 4.69) is 0 Å². The third-order valence-corrected chi connectivity index (χ3v) is 1.92. The van der Waals surface area contributed by atoms with Crippen LogP contribution in [0.15, 0.2) is 30.3 Å². The van der Waals surface area contributed by atoms with Crippen LogP contribution in [-0.4, -0.2) is 33.1 Å². The Morgan fingerprint density at radius 2 is 2.00 bits per heavy atom. The van der Waals surface area contributed by atoms with Gasteiger partial charge in [0.2, 0.25) is 0 Å². The Morgan fingerprint density at radius 1 is 1.36 bits per heavy atom. The monoisotopic (exact) mass is 193 g/mol. The minimum atomic E-state index is 0.0823. The van der Waals surface area contributed by atoms with Crippen molar-refractivity contribution < 1.29 is 9.53 Å². The van der Waals surface area contributed by atoms with Gasteiger partial charge in [0, 0.05) is 19.8 Å². The summed E-state index contributed by atoms with van der Waals surface area (Å²) in [7, 11) is 3.42. The molecule has 0 heterocycles. The summed E-state index contributed by atoms with van der Waals surface area (Å²) in [4.78, 5) is 13.2. The van der Waals surface area contributed by atoms with E-state index in [4.69, 9.17) is 4.74 Å². The Labute approximate surface area is 84.3 Å². The van der Waals surface area contributed by atoms with Crippen LogP contribution in [0.3, 0.4) is 0 Å². The fourth-order valence-electron chi connectivity index (χ4n) is 1.24. The Morgan fingerprint density at radius 3 is 2.57 bits per heavy atom. The maximum atomic E-state index is 11.3. The van der Waals surface area contributed by atoms with Crippen LogP contribution in [0.2, 0.25) is 0 Å². The number of likely N-dealkylation sites (N-methyl/N-ethyl adjacent to an activating group) is 1. The quantitative estimate of drug-likeness (QED) is 0.706. The number of rotatable bonds is 5. The van der Waals surface area contributed by atoms with E-state index in [0.717, 1.165) is 5.69 Å². The molecule has 3 heteroatoms. The number of anilines is 1. The van der Waals surface area contributed by atoms with Gasteiger partial charge < -0.3 is 9.64 Å². The number of hydrogen-bond acceptors (Lipinski definition) is 3. The van der Waals surface area contributed by atoms with Crippen LogP contribution in [0.1, 0.15) is 0 Å². The average molecular weight is 193 g/mol. The molecule has 0 saturated carbocycles. The molecule has 0 amide bonds. The number of hydrogen-bond donors (Lipinski definition) is 0. The smallest absolute Gasteiger partial charge is 0.177 e. The molecule has 0 saturated heterocycles.